The van der Waals surface area contributed by atoms with Crippen LogP contribution in [0.2, 0.25) is 5.02 Å². The van der Waals surface area contributed by atoms with Crippen molar-refractivity contribution < 1.29 is 9.53 Å². The Hall–Kier alpha value is -2.05. The van der Waals surface area contributed by atoms with Crippen LogP contribution in [0.25, 0.3) is 0 Å². The number of rotatable bonds is 8. The second kappa shape index (κ2) is 9.17. The lowest BCUT2D eigenvalue weighted by Gasteiger charge is -2.14. The summed E-state index contributed by atoms with van der Waals surface area (Å²) in [5.41, 5.74) is 0.937. The van der Waals surface area contributed by atoms with Gasteiger partial charge in [0, 0.05) is 30.0 Å². The van der Waals surface area contributed by atoms with E-state index in [4.69, 9.17) is 16.3 Å². The summed E-state index contributed by atoms with van der Waals surface area (Å²) < 4.78 is 7.28. The minimum absolute atomic E-state index is 0.0149. The summed E-state index contributed by atoms with van der Waals surface area (Å²) in [6, 6.07) is 9.15. The molecule has 1 aromatic carbocycles. The lowest BCUT2D eigenvalue weighted by Crippen LogP contribution is -2.43. The highest BCUT2D eigenvalue weighted by molar-refractivity contribution is 6.31. The fourth-order valence-electron chi connectivity index (χ4n) is 2.04. The molecule has 1 atom stereocenters. The van der Waals surface area contributed by atoms with Gasteiger partial charge in [0.15, 0.2) is 0 Å². The first kappa shape index (κ1) is 17.3. The molecule has 2 rings (SSSR count). The molecule has 2 aromatic rings. The molecule has 0 spiro atoms. The van der Waals surface area contributed by atoms with Gasteiger partial charge in [0.1, 0.15) is 0 Å². The van der Waals surface area contributed by atoms with E-state index in [1.165, 1.54) is 0 Å². The molecule has 6 nitrogen and oxygen atoms in total. The van der Waals surface area contributed by atoms with Gasteiger partial charge >= 0.3 is 6.03 Å². The summed E-state index contributed by atoms with van der Waals surface area (Å²) in [5, 5.41) is 10.4. The Morgan fingerprint density at radius 1 is 1.39 bits per heavy atom. The van der Waals surface area contributed by atoms with Crippen LogP contribution in [-0.2, 0) is 17.9 Å². The van der Waals surface area contributed by atoms with Crippen molar-refractivity contribution in [3.63, 3.8) is 0 Å². The number of hydrogen-bond donors (Lipinski definition) is 2. The van der Waals surface area contributed by atoms with Gasteiger partial charge < -0.3 is 15.4 Å². The van der Waals surface area contributed by atoms with Crippen LogP contribution >= 0.6 is 11.6 Å². The molecule has 0 aliphatic rings. The maximum absolute atomic E-state index is 11.7. The summed E-state index contributed by atoms with van der Waals surface area (Å²) in [5.74, 6) is 0. The summed E-state index contributed by atoms with van der Waals surface area (Å²) in [6.45, 7) is 3.84. The van der Waals surface area contributed by atoms with Crippen LogP contribution in [0, 0.1) is 0 Å². The maximum Gasteiger partial charge on any atom is 0.315 e. The molecule has 7 heteroatoms. The lowest BCUT2D eigenvalue weighted by molar-refractivity contribution is 0.123. The summed E-state index contributed by atoms with van der Waals surface area (Å²) in [4.78, 5) is 11.7. The summed E-state index contributed by atoms with van der Waals surface area (Å²) in [6.07, 6.45) is 3.57. The van der Waals surface area contributed by atoms with Gasteiger partial charge in [-0.15, -0.1) is 0 Å². The Kier molecular flexibility index (Phi) is 6.90. The zero-order chi connectivity index (χ0) is 16.5. The SMILES string of the molecule is CC(Cn1cccn1)NC(=O)NCCOCc1ccccc1Cl. The first-order chi connectivity index (χ1) is 11.1. The Bertz CT molecular complexity index is 604. The van der Waals surface area contributed by atoms with Crippen molar-refractivity contribution in [1.82, 2.24) is 20.4 Å². The average molecular weight is 337 g/mol. The Morgan fingerprint density at radius 2 is 2.22 bits per heavy atom. The van der Waals surface area contributed by atoms with Crippen molar-refractivity contribution in [2.75, 3.05) is 13.2 Å². The average Bonchev–Trinajstić information content (AvgIpc) is 3.01. The van der Waals surface area contributed by atoms with Gasteiger partial charge in [0.25, 0.3) is 0 Å². The van der Waals surface area contributed by atoms with Crippen molar-refractivity contribution in [2.24, 2.45) is 0 Å². The summed E-state index contributed by atoms with van der Waals surface area (Å²) >= 11 is 6.04. The fraction of sp³-hybridized carbons (Fsp3) is 0.375. The molecule has 1 aromatic heterocycles. The third-order valence-electron chi connectivity index (χ3n) is 3.14. The van der Waals surface area contributed by atoms with Gasteiger partial charge in [-0.3, -0.25) is 4.68 Å². The highest BCUT2D eigenvalue weighted by Gasteiger charge is 2.07. The van der Waals surface area contributed by atoms with Gasteiger partial charge in [-0.2, -0.15) is 5.10 Å². The van der Waals surface area contributed by atoms with E-state index in [0.717, 1.165) is 5.56 Å². The van der Waals surface area contributed by atoms with Crippen LogP contribution in [0.1, 0.15) is 12.5 Å². The summed E-state index contributed by atoms with van der Waals surface area (Å²) in [7, 11) is 0. The van der Waals surface area contributed by atoms with E-state index in [1.807, 2.05) is 43.5 Å². The monoisotopic (exact) mass is 336 g/mol. The van der Waals surface area contributed by atoms with Crippen molar-refractivity contribution in [2.45, 2.75) is 26.1 Å². The van der Waals surface area contributed by atoms with Gasteiger partial charge in [0.05, 0.1) is 19.8 Å². The molecule has 124 valence electrons. The van der Waals surface area contributed by atoms with Crippen molar-refractivity contribution in [3.8, 4) is 0 Å². The predicted octanol–water partition coefficient (Wildman–Crippen LogP) is 2.44. The predicted molar refractivity (Wildman–Crippen MR) is 89.3 cm³/mol. The minimum Gasteiger partial charge on any atom is -0.375 e. The van der Waals surface area contributed by atoms with Gasteiger partial charge in [-0.05, 0) is 24.6 Å². The third-order valence-corrected chi connectivity index (χ3v) is 3.51. The smallest absolute Gasteiger partial charge is 0.315 e. The van der Waals surface area contributed by atoms with Crippen LogP contribution in [0.3, 0.4) is 0 Å². The van der Waals surface area contributed by atoms with Crippen molar-refractivity contribution in [3.05, 3.63) is 53.3 Å². The second-order valence-corrected chi connectivity index (χ2v) is 5.58. The second-order valence-electron chi connectivity index (χ2n) is 5.17. The number of nitrogens with one attached hydrogen (secondary N) is 2. The van der Waals surface area contributed by atoms with E-state index < -0.39 is 0 Å². The number of hydrogen-bond acceptors (Lipinski definition) is 3. The molecule has 23 heavy (non-hydrogen) atoms. The Balaban J connectivity index is 1.57. The largest absolute Gasteiger partial charge is 0.375 e. The fourth-order valence-corrected chi connectivity index (χ4v) is 2.23. The quantitative estimate of drug-likeness (QED) is 0.727. The molecule has 0 saturated carbocycles. The normalized spacial score (nSPS) is 11.9. The molecule has 0 bridgehead atoms. The molecule has 2 amide bonds. The maximum atomic E-state index is 11.7. The number of carbonyl (C=O) groups excluding carboxylic acids is 1. The standard InChI is InChI=1S/C16H21ClN4O2/c1-13(11-21-9-4-7-19-21)20-16(22)18-8-10-23-12-14-5-2-3-6-15(14)17/h2-7,9,13H,8,10-12H2,1H3,(H2,18,20,22). The molecule has 1 unspecified atom stereocenters. The van der Waals surface area contributed by atoms with E-state index in [2.05, 4.69) is 15.7 Å². The molecule has 0 aliphatic heterocycles. The van der Waals surface area contributed by atoms with Gasteiger partial charge in [0.2, 0.25) is 0 Å². The number of benzene rings is 1. The third kappa shape index (κ3) is 6.30. The van der Waals surface area contributed by atoms with E-state index in [0.29, 0.717) is 31.3 Å². The number of urea groups is 1. The van der Waals surface area contributed by atoms with E-state index >= 15 is 0 Å². The number of carbonyl (C=O) groups is 1. The molecular formula is C16H21ClN4O2. The number of nitrogens with zero attached hydrogens (tertiary/aromatic N) is 2. The first-order valence-electron chi connectivity index (χ1n) is 7.48. The highest BCUT2D eigenvalue weighted by Crippen LogP contribution is 2.15. The zero-order valence-corrected chi connectivity index (χ0v) is 13.8. The zero-order valence-electron chi connectivity index (χ0n) is 13.0. The van der Waals surface area contributed by atoms with E-state index in [-0.39, 0.29) is 12.1 Å². The first-order valence-corrected chi connectivity index (χ1v) is 7.86. The topological polar surface area (TPSA) is 68.2 Å². The minimum atomic E-state index is -0.217. The lowest BCUT2D eigenvalue weighted by atomic mass is 10.2. The van der Waals surface area contributed by atoms with Crippen LogP contribution in [0.4, 0.5) is 4.79 Å². The van der Waals surface area contributed by atoms with Crippen LogP contribution in [0.15, 0.2) is 42.7 Å². The molecule has 0 fully saturated rings. The van der Waals surface area contributed by atoms with Crippen LogP contribution in [0.5, 0.6) is 0 Å². The number of halogens is 1. The van der Waals surface area contributed by atoms with Gasteiger partial charge in [-0.25, -0.2) is 4.79 Å². The van der Waals surface area contributed by atoms with Crippen LogP contribution in [-0.4, -0.2) is 35.0 Å². The number of aromatic nitrogens is 2. The molecule has 0 aliphatic carbocycles. The Morgan fingerprint density at radius 3 is 2.96 bits per heavy atom. The van der Waals surface area contributed by atoms with Crippen molar-refractivity contribution in [1.29, 1.82) is 0 Å². The highest BCUT2D eigenvalue weighted by atomic mass is 35.5. The van der Waals surface area contributed by atoms with E-state index in [9.17, 15) is 4.79 Å². The van der Waals surface area contributed by atoms with E-state index in [1.54, 1.807) is 10.9 Å². The molecule has 0 radical (unpaired) electrons. The number of ether oxygens (including phenoxy) is 1. The molecule has 2 N–H and O–H groups in total. The molecule has 1 heterocycles. The molecule has 0 saturated heterocycles. The van der Waals surface area contributed by atoms with Crippen molar-refractivity contribution >= 4 is 17.6 Å². The van der Waals surface area contributed by atoms with Crippen LogP contribution < -0.4 is 10.6 Å². The van der Waals surface area contributed by atoms with Gasteiger partial charge in [-0.1, -0.05) is 29.8 Å². The Labute approximate surface area is 140 Å². The molecular weight excluding hydrogens is 316 g/mol. The number of amides is 2.